The van der Waals surface area contributed by atoms with Crippen molar-refractivity contribution < 1.29 is 23.8 Å². The van der Waals surface area contributed by atoms with Crippen LogP contribution in [0.1, 0.15) is 17.9 Å². The normalized spacial score (nSPS) is 19.5. The number of ether oxygens (including phenoxy) is 3. The van der Waals surface area contributed by atoms with Gasteiger partial charge in [0.15, 0.2) is 5.92 Å². The third-order valence-corrected chi connectivity index (χ3v) is 3.86. The Morgan fingerprint density at radius 1 is 1.32 bits per heavy atom. The van der Waals surface area contributed by atoms with Crippen molar-refractivity contribution in [1.29, 1.82) is 5.26 Å². The van der Waals surface area contributed by atoms with Crippen LogP contribution in [0, 0.1) is 23.2 Å². The Labute approximate surface area is 128 Å². The van der Waals surface area contributed by atoms with Gasteiger partial charge in [0.05, 0.1) is 26.9 Å². The van der Waals surface area contributed by atoms with Crippen molar-refractivity contribution in [3.8, 4) is 11.8 Å². The number of methoxy groups -OCH3 is 2. The predicted octanol–water partition coefficient (Wildman–Crippen LogP) is 1.65. The van der Waals surface area contributed by atoms with Gasteiger partial charge in [-0.05, 0) is 11.6 Å². The van der Waals surface area contributed by atoms with Gasteiger partial charge >= 0.3 is 11.9 Å². The molecule has 116 valence electrons. The second kappa shape index (κ2) is 6.94. The topological polar surface area (TPSA) is 85.6 Å². The number of rotatable bonds is 4. The number of hydrogen-bond acceptors (Lipinski definition) is 6. The molecule has 6 nitrogen and oxygen atoms in total. The maximum Gasteiger partial charge on any atom is 0.320 e. The van der Waals surface area contributed by atoms with Crippen molar-refractivity contribution in [2.75, 3.05) is 20.8 Å². The van der Waals surface area contributed by atoms with E-state index < -0.39 is 23.8 Å². The minimum atomic E-state index is -1.11. The van der Waals surface area contributed by atoms with Crippen molar-refractivity contribution in [3.63, 3.8) is 0 Å². The molecule has 0 saturated carbocycles. The zero-order valence-corrected chi connectivity index (χ0v) is 12.4. The number of benzene rings is 1. The first-order valence-electron chi connectivity index (χ1n) is 6.88. The minimum Gasteiger partial charge on any atom is -0.493 e. The number of carbonyl (C=O) groups is 2. The van der Waals surface area contributed by atoms with Crippen LogP contribution >= 0.6 is 0 Å². The van der Waals surface area contributed by atoms with Gasteiger partial charge in [0.25, 0.3) is 0 Å². The Morgan fingerprint density at radius 3 is 2.55 bits per heavy atom. The van der Waals surface area contributed by atoms with Gasteiger partial charge in [-0.3, -0.25) is 9.59 Å². The molecule has 0 aliphatic carbocycles. The molecule has 0 radical (unpaired) electrons. The van der Waals surface area contributed by atoms with E-state index in [1.165, 1.54) is 14.2 Å². The third kappa shape index (κ3) is 2.89. The van der Waals surface area contributed by atoms with Crippen LogP contribution in [-0.4, -0.2) is 32.8 Å². The van der Waals surface area contributed by atoms with E-state index in [0.717, 1.165) is 5.56 Å². The molecular weight excluding hydrogens is 286 g/mol. The maximum atomic E-state index is 12.1. The van der Waals surface area contributed by atoms with Crippen LogP contribution in [-0.2, 0) is 19.1 Å². The van der Waals surface area contributed by atoms with Crippen LogP contribution in [0.15, 0.2) is 24.3 Å². The molecule has 1 aliphatic rings. The van der Waals surface area contributed by atoms with Crippen LogP contribution < -0.4 is 4.74 Å². The van der Waals surface area contributed by atoms with Gasteiger partial charge in [-0.25, -0.2) is 0 Å². The summed E-state index contributed by atoms with van der Waals surface area (Å²) in [5, 5.41) is 9.02. The highest BCUT2D eigenvalue weighted by Crippen LogP contribution is 2.43. The maximum absolute atomic E-state index is 12.1. The lowest BCUT2D eigenvalue weighted by atomic mass is 9.74. The second-order valence-electron chi connectivity index (χ2n) is 5.02. The summed E-state index contributed by atoms with van der Waals surface area (Å²) in [6, 6.07) is 9.26. The summed E-state index contributed by atoms with van der Waals surface area (Å²) < 4.78 is 15.2. The Kier molecular flexibility index (Phi) is 4.99. The quantitative estimate of drug-likeness (QED) is 0.621. The Bertz CT molecular complexity index is 591. The smallest absolute Gasteiger partial charge is 0.320 e. The lowest BCUT2D eigenvalue weighted by Gasteiger charge is -2.35. The van der Waals surface area contributed by atoms with E-state index in [1.807, 2.05) is 6.07 Å². The lowest BCUT2D eigenvalue weighted by molar-refractivity contribution is -0.161. The summed E-state index contributed by atoms with van der Waals surface area (Å²) in [6.45, 7) is 0.264. The summed E-state index contributed by atoms with van der Waals surface area (Å²) in [5.41, 5.74) is 0.717. The average molecular weight is 303 g/mol. The van der Waals surface area contributed by atoms with E-state index >= 15 is 0 Å². The molecule has 0 aromatic heterocycles. The molecule has 1 aromatic carbocycles. The molecule has 2 unspecified atom stereocenters. The zero-order chi connectivity index (χ0) is 16.1. The van der Waals surface area contributed by atoms with Gasteiger partial charge < -0.3 is 14.2 Å². The molecule has 2 atom stereocenters. The zero-order valence-electron chi connectivity index (χ0n) is 12.4. The number of hydrogen-bond donors (Lipinski definition) is 0. The Balaban J connectivity index is 2.51. The monoisotopic (exact) mass is 303 g/mol. The SMILES string of the molecule is COC(=O)C(C(=O)OC)C1c2ccccc2OCC1CC#N. The van der Waals surface area contributed by atoms with E-state index in [2.05, 4.69) is 6.07 Å². The van der Waals surface area contributed by atoms with Gasteiger partial charge in [-0.15, -0.1) is 0 Å². The standard InChI is InChI=1S/C16H17NO5/c1-20-15(18)14(16(19)21-2)13-10(7-8-17)9-22-12-6-4-3-5-11(12)13/h3-6,10,13-14H,7,9H2,1-2H3. The van der Waals surface area contributed by atoms with Gasteiger partial charge in [0.1, 0.15) is 5.75 Å². The summed E-state index contributed by atoms with van der Waals surface area (Å²) >= 11 is 0. The van der Waals surface area contributed by atoms with Crippen molar-refractivity contribution in [2.45, 2.75) is 12.3 Å². The first kappa shape index (κ1) is 15.8. The van der Waals surface area contributed by atoms with Crippen LogP contribution in [0.5, 0.6) is 5.75 Å². The van der Waals surface area contributed by atoms with Crippen molar-refractivity contribution in [2.24, 2.45) is 11.8 Å². The highest BCUT2D eigenvalue weighted by Gasteiger charge is 2.45. The van der Waals surface area contributed by atoms with Gasteiger partial charge in [0.2, 0.25) is 0 Å². The molecule has 2 rings (SSSR count). The average Bonchev–Trinajstić information content (AvgIpc) is 2.56. The molecule has 22 heavy (non-hydrogen) atoms. The summed E-state index contributed by atoms with van der Waals surface area (Å²) in [7, 11) is 2.45. The Hall–Kier alpha value is -2.55. The van der Waals surface area contributed by atoms with E-state index in [1.54, 1.807) is 18.2 Å². The molecule has 0 spiro atoms. The first-order valence-corrected chi connectivity index (χ1v) is 6.88. The fourth-order valence-electron chi connectivity index (χ4n) is 2.84. The van der Waals surface area contributed by atoms with Crippen molar-refractivity contribution >= 4 is 11.9 Å². The molecule has 0 amide bonds. The highest BCUT2D eigenvalue weighted by atomic mass is 16.5. The molecule has 0 saturated heterocycles. The molecule has 0 fully saturated rings. The van der Waals surface area contributed by atoms with Crippen LogP contribution in [0.2, 0.25) is 0 Å². The molecule has 1 aromatic rings. The number of nitriles is 1. The van der Waals surface area contributed by atoms with Crippen LogP contribution in [0.25, 0.3) is 0 Å². The predicted molar refractivity (Wildman–Crippen MR) is 75.9 cm³/mol. The first-order chi connectivity index (χ1) is 10.6. The summed E-state index contributed by atoms with van der Waals surface area (Å²) in [4.78, 5) is 24.2. The van der Waals surface area contributed by atoms with E-state index in [4.69, 9.17) is 19.5 Å². The number of para-hydroxylation sites is 1. The fraction of sp³-hybridized carbons (Fsp3) is 0.438. The number of carbonyl (C=O) groups excluding carboxylic acids is 2. The minimum absolute atomic E-state index is 0.170. The van der Waals surface area contributed by atoms with Crippen LogP contribution in [0.3, 0.4) is 0 Å². The number of esters is 2. The van der Waals surface area contributed by atoms with E-state index in [9.17, 15) is 9.59 Å². The molecule has 0 bridgehead atoms. The van der Waals surface area contributed by atoms with E-state index in [-0.39, 0.29) is 18.9 Å². The summed E-state index contributed by atoms with van der Waals surface area (Å²) in [5.74, 6) is -2.64. The fourth-order valence-corrected chi connectivity index (χ4v) is 2.84. The van der Waals surface area contributed by atoms with Crippen molar-refractivity contribution in [1.82, 2.24) is 0 Å². The number of fused-ring (bicyclic) bond motifs is 1. The molecule has 6 heteroatoms. The van der Waals surface area contributed by atoms with Gasteiger partial charge in [0, 0.05) is 18.3 Å². The Morgan fingerprint density at radius 2 is 1.95 bits per heavy atom. The molecular formula is C16H17NO5. The largest absolute Gasteiger partial charge is 0.493 e. The van der Waals surface area contributed by atoms with Gasteiger partial charge in [-0.2, -0.15) is 5.26 Å². The number of nitrogens with zero attached hydrogens (tertiary/aromatic N) is 1. The third-order valence-electron chi connectivity index (χ3n) is 3.86. The molecule has 0 N–H and O–H groups in total. The highest BCUT2D eigenvalue weighted by molar-refractivity contribution is 5.96. The van der Waals surface area contributed by atoms with Crippen molar-refractivity contribution in [3.05, 3.63) is 29.8 Å². The summed E-state index contributed by atoms with van der Waals surface area (Å²) in [6.07, 6.45) is 0.170. The van der Waals surface area contributed by atoms with Crippen LogP contribution in [0.4, 0.5) is 0 Å². The molecule has 1 heterocycles. The lowest BCUT2D eigenvalue weighted by Crippen LogP contribution is -2.39. The second-order valence-corrected chi connectivity index (χ2v) is 5.02. The van der Waals surface area contributed by atoms with E-state index in [0.29, 0.717) is 5.75 Å². The molecule has 1 aliphatic heterocycles. The van der Waals surface area contributed by atoms with Gasteiger partial charge in [-0.1, -0.05) is 18.2 Å².